The number of benzene rings is 2. The fraction of sp³-hybridized carbons (Fsp3) is 0.227. The van der Waals surface area contributed by atoms with Crippen LogP contribution < -0.4 is 10.2 Å². The Labute approximate surface area is 191 Å². The zero-order valence-corrected chi connectivity index (χ0v) is 19.1. The van der Waals surface area contributed by atoms with Crippen LogP contribution in [0.15, 0.2) is 70.9 Å². The number of amides is 1. The lowest BCUT2D eigenvalue weighted by Gasteiger charge is -2.35. The molecule has 0 atom stereocenters. The molecule has 0 unspecified atom stereocenters. The van der Waals surface area contributed by atoms with Crippen molar-refractivity contribution >= 4 is 44.6 Å². The smallest absolute Gasteiger partial charge is 0.252 e. The predicted molar refractivity (Wildman–Crippen MR) is 124 cm³/mol. The molecule has 1 aromatic heterocycles. The van der Waals surface area contributed by atoms with Crippen molar-refractivity contribution in [3.63, 3.8) is 0 Å². The lowest BCUT2D eigenvalue weighted by Crippen LogP contribution is -2.48. The van der Waals surface area contributed by atoms with E-state index >= 15 is 0 Å². The highest BCUT2D eigenvalue weighted by atomic mass is 35.5. The molecule has 162 valence electrons. The number of anilines is 1. The summed E-state index contributed by atoms with van der Waals surface area (Å²) in [6, 6.07) is 20.0. The summed E-state index contributed by atoms with van der Waals surface area (Å²) in [5, 5.41) is 3.38. The van der Waals surface area contributed by atoms with E-state index in [1.165, 1.54) is 15.6 Å². The minimum atomic E-state index is -3.54. The van der Waals surface area contributed by atoms with Gasteiger partial charge >= 0.3 is 0 Å². The Balaban J connectivity index is 1.35. The second-order valence-electron chi connectivity index (χ2n) is 7.14. The third-order valence-electron chi connectivity index (χ3n) is 5.12. The summed E-state index contributed by atoms with van der Waals surface area (Å²) in [7, 11) is -3.54. The summed E-state index contributed by atoms with van der Waals surface area (Å²) in [5.41, 5.74) is 1.61. The van der Waals surface area contributed by atoms with Crippen molar-refractivity contribution in [3.05, 3.63) is 82.2 Å². The van der Waals surface area contributed by atoms with Crippen molar-refractivity contribution in [2.24, 2.45) is 0 Å². The van der Waals surface area contributed by atoms with Gasteiger partial charge in [0, 0.05) is 47.3 Å². The first kappa shape index (κ1) is 21.8. The molecule has 1 fully saturated rings. The number of carbonyl (C=O) groups is 1. The first-order chi connectivity index (χ1) is 14.9. The molecule has 1 amide bonds. The number of rotatable bonds is 6. The summed E-state index contributed by atoms with van der Waals surface area (Å²) >= 11 is 7.04. The van der Waals surface area contributed by atoms with E-state index in [-0.39, 0.29) is 12.5 Å². The highest BCUT2D eigenvalue weighted by Gasteiger charge is 2.29. The van der Waals surface area contributed by atoms with Crippen LogP contribution in [-0.2, 0) is 16.6 Å². The van der Waals surface area contributed by atoms with Crippen LogP contribution in [0.2, 0.25) is 5.02 Å². The number of sulfonamides is 1. The molecular formula is C22H22ClN3O3S2. The molecule has 6 nitrogen and oxygen atoms in total. The first-order valence-corrected chi connectivity index (χ1v) is 12.5. The van der Waals surface area contributed by atoms with Crippen molar-refractivity contribution < 1.29 is 13.2 Å². The maximum atomic E-state index is 13.1. The molecule has 1 aliphatic rings. The summed E-state index contributed by atoms with van der Waals surface area (Å²) in [6.45, 7) is 2.45. The van der Waals surface area contributed by atoms with Crippen LogP contribution >= 0.6 is 22.9 Å². The number of thiophene rings is 1. The molecule has 4 rings (SSSR count). The van der Waals surface area contributed by atoms with Crippen LogP contribution in [0.5, 0.6) is 0 Å². The average Bonchev–Trinajstić information content (AvgIpc) is 3.29. The monoisotopic (exact) mass is 475 g/mol. The van der Waals surface area contributed by atoms with Crippen molar-refractivity contribution in [2.75, 3.05) is 31.1 Å². The molecule has 2 heterocycles. The maximum absolute atomic E-state index is 13.1. The zero-order valence-electron chi connectivity index (χ0n) is 16.7. The van der Waals surface area contributed by atoms with E-state index in [2.05, 4.69) is 10.2 Å². The Hall–Kier alpha value is -2.39. The molecular weight excluding hydrogens is 454 g/mol. The normalized spacial score (nSPS) is 15.1. The molecule has 0 radical (unpaired) electrons. The van der Waals surface area contributed by atoms with Gasteiger partial charge in [-0.2, -0.15) is 4.31 Å². The van der Waals surface area contributed by atoms with Crippen molar-refractivity contribution in [1.82, 2.24) is 9.62 Å². The quantitative estimate of drug-likeness (QED) is 0.588. The van der Waals surface area contributed by atoms with Crippen molar-refractivity contribution in [1.29, 1.82) is 0 Å². The highest BCUT2D eigenvalue weighted by Crippen LogP contribution is 2.27. The van der Waals surface area contributed by atoms with E-state index < -0.39 is 10.0 Å². The van der Waals surface area contributed by atoms with Crippen LogP contribution in [-0.4, -0.2) is 44.8 Å². The predicted octanol–water partition coefficient (Wildman–Crippen LogP) is 3.84. The fourth-order valence-corrected chi connectivity index (χ4v) is 6.41. The second-order valence-corrected chi connectivity index (χ2v) is 10.9. The van der Waals surface area contributed by atoms with Crippen LogP contribution in [0.1, 0.15) is 15.2 Å². The van der Waals surface area contributed by atoms with Gasteiger partial charge in [0.15, 0.2) is 0 Å². The van der Waals surface area contributed by atoms with E-state index in [1.807, 2.05) is 30.3 Å². The van der Waals surface area contributed by atoms with Crippen LogP contribution in [0.3, 0.4) is 0 Å². The highest BCUT2D eigenvalue weighted by molar-refractivity contribution is 7.91. The Morgan fingerprint density at radius 1 is 0.935 bits per heavy atom. The average molecular weight is 476 g/mol. The molecule has 31 heavy (non-hydrogen) atoms. The SMILES string of the molecule is O=C(NCc1ccc(S(=O)(=O)N2CCN(c3ccccc3)CC2)s1)c1ccc(Cl)cc1. The van der Waals surface area contributed by atoms with Gasteiger partial charge in [0.1, 0.15) is 4.21 Å². The summed E-state index contributed by atoms with van der Waals surface area (Å²) in [6.07, 6.45) is 0. The molecule has 2 aromatic carbocycles. The Bertz CT molecular complexity index is 1140. The van der Waals surface area contributed by atoms with E-state index in [0.29, 0.717) is 41.0 Å². The Kier molecular flexibility index (Phi) is 6.62. The molecule has 1 N–H and O–H groups in total. The van der Waals surface area contributed by atoms with Gasteiger partial charge in [0.2, 0.25) is 0 Å². The zero-order chi connectivity index (χ0) is 21.8. The minimum Gasteiger partial charge on any atom is -0.369 e. The second kappa shape index (κ2) is 9.40. The lowest BCUT2D eigenvalue weighted by atomic mass is 10.2. The number of para-hydroxylation sites is 1. The van der Waals surface area contributed by atoms with Gasteiger partial charge in [-0.1, -0.05) is 29.8 Å². The molecule has 9 heteroatoms. The number of carbonyl (C=O) groups excluding carboxylic acids is 1. The standard InChI is InChI=1S/C22H22ClN3O3S2/c23-18-8-6-17(7-9-18)22(27)24-16-20-10-11-21(30-20)31(28,29)26-14-12-25(13-15-26)19-4-2-1-3-5-19/h1-11H,12-16H2,(H,24,27). The van der Waals surface area contributed by atoms with Gasteiger partial charge in [-0.3, -0.25) is 4.79 Å². The van der Waals surface area contributed by atoms with Gasteiger partial charge < -0.3 is 10.2 Å². The Morgan fingerprint density at radius 2 is 1.61 bits per heavy atom. The van der Waals surface area contributed by atoms with E-state index in [0.717, 1.165) is 10.6 Å². The van der Waals surface area contributed by atoms with E-state index in [4.69, 9.17) is 11.6 Å². The summed E-state index contributed by atoms with van der Waals surface area (Å²) < 4.78 is 27.9. The van der Waals surface area contributed by atoms with Gasteiger partial charge in [-0.15, -0.1) is 11.3 Å². The van der Waals surface area contributed by atoms with Gasteiger partial charge in [0.05, 0.1) is 6.54 Å². The lowest BCUT2D eigenvalue weighted by molar-refractivity contribution is 0.0951. The van der Waals surface area contributed by atoms with Crippen molar-refractivity contribution in [2.45, 2.75) is 10.8 Å². The molecule has 1 saturated heterocycles. The molecule has 0 spiro atoms. The molecule has 3 aromatic rings. The number of nitrogens with zero attached hydrogens (tertiary/aromatic N) is 2. The van der Waals surface area contributed by atoms with Gasteiger partial charge in [0.25, 0.3) is 15.9 Å². The molecule has 0 saturated carbocycles. The molecule has 0 aliphatic carbocycles. The van der Waals surface area contributed by atoms with Crippen LogP contribution in [0.4, 0.5) is 5.69 Å². The summed E-state index contributed by atoms with van der Waals surface area (Å²) in [5.74, 6) is -0.230. The number of halogens is 1. The topological polar surface area (TPSA) is 69.7 Å². The number of hydrogen-bond donors (Lipinski definition) is 1. The number of nitrogens with one attached hydrogen (secondary N) is 1. The third-order valence-corrected chi connectivity index (χ3v) is 8.82. The van der Waals surface area contributed by atoms with Crippen LogP contribution in [0, 0.1) is 0 Å². The number of piperazine rings is 1. The molecule has 1 aliphatic heterocycles. The summed E-state index contributed by atoms with van der Waals surface area (Å²) in [4.78, 5) is 15.2. The largest absolute Gasteiger partial charge is 0.369 e. The third kappa shape index (κ3) is 5.10. The minimum absolute atomic E-state index is 0.230. The van der Waals surface area contributed by atoms with E-state index in [1.54, 1.807) is 36.4 Å². The molecule has 0 bridgehead atoms. The van der Waals surface area contributed by atoms with Gasteiger partial charge in [-0.25, -0.2) is 8.42 Å². The van der Waals surface area contributed by atoms with E-state index in [9.17, 15) is 13.2 Å². The van der Waals surface area contributed by atoms with Gasteiger partial charge in [-0.05, 0) is 48.5 Å². The fourth-order valence-electron chi connectivity index (χ4n) is 3.42. The number of hydrogen-bond acceptors (Lipinski definition) is 5. The Morgan fingerprint density at radius 3 is 2.29 bits per heavy atom. The van der Waals surface area contributed by atoms with Crippen LogP contribution in [0.25, 0.3) is 0 Å². The first-order valence-electron chi connectivity index (χ1n) is 9.86. The van der Waals surface area contributed by atoms with Crippen molar-refractivity contribution in [3.8, 4) is 0 Å². The maximum Gasteiger partial charge on any atom is 0.252 e.